The molecular weight excluding hydrogens is 310 g/mol. The van der Waals surface area contributed by atoms with E-state index in [4.69, 9.17) is 4.74 Å². The standard InChI is InChI=1S/C16H21N5O3/c1-3-24-16(23)20-10-8-19(9-11-20)13-4-6-14(7-5-13)21-12-17-18(2)15(21)22/h4-7,12H,3,8-11H2,1-2H3. The van der Waals surface area contributed by atoms with Gasteiger partial charge in [0.15, 0.2) is 0 Å². The van der Waals surface area contributed by atoms with Gasteiger partial charge in [-0.2, -0.15) is 5.10 Å². The largest absolute Gasteiger partial charge is 0.450 e. The molecule has 0 bridgehead atoms. The molecule has 24 heavy (non-hydrogen) atoms. The van der Waals surface area contributed by atoms with E-state index in [0.29, 0.717) is 19.7 Å². The molecule has 1 aliphatic rings. The molecule has 0 N–H and O–H groups in total. The molecule has 0 saturated carbocycles. The van der Waals surface area contributed by atoms with Gasteiger partial charge in [-0.05, 0) is 31.2 Å². The quantitative estimate of drug-likeness (QED) is 0.834. The molecule has 8 heteroatoms. The molecule has 128 valence electrons. The third kappa shape index (κ3) is 3.12. The molecule has 2 heterocycles. The summed E-state index contributed by atoms with van der Waals surface area (Å²) in [7, 11) is 1.62. The van der Waals surface area contributed by atoms with Crippen molar-refractivity contribution in [2.75, 3.05) is 37.7 Å². The Bertz CT molecular complexity index is 757. The highest BCUT2D eigenvalue weighted by Crippen LogP contribution is 2.18. The molecule has 2 aromatic rings. The molecule has 0 spiro atoms. The lowest BCUT2D eigenvalue weighted by molar-refractivity contribution is 0.105. The Labute approximate surface area is 139 Å². The summed E-state index contributed by atoms with van der Waals surface area (Å²) in [4.78, 5) is 27.6. The fourth-order valence-corrected chi connectivity index (χ4v) is 2.75. The van der Waals surface area contributed by atoms with Crippen LogP contribution in [0.15, 0.2) is 35.4 Å². The van der Waals surface area contributed by atoms with E-state index in [1.807, 2.05) is 31.2 Å². The number of aryl methyl sites for hydroxylation is 1. The zero-order chi connectivity index (χ0) is 17.1. The summed E-state index contributed by atoms with van der Waals surface area (Å²) >= 11 is 0. The molecule has 0 radical (unpaired) electrons. The summed E-state index contributed by atoms with van der Waals surface area (Å²) in [5.41, 5.74) is 1.67. The highest BCUT2D eigenvalue weighted by atomic mass is 16.6. The molecule has 1 aromatic carbocycles. The van der Waals surface area contributed by atoms with Crippen LogP contribution in [0.3, 0.4) is 0 Å². The predicted molar refractivity (Wildman–Crippen MR) is 89.6 cm³/mol. The first-order valence-electron chi connectivity index (χ1n) is 7.98. The molecule has 0 unspecified atom stereocenters. The number of benzene rings is 1. The fraction of sp³-hybridized carbons (Fsp3) is 0.438. The van der Waals surface area contributed by atoms with Crippen LogP contribution in [0, 0.1) is 0 Å². The predicted octanol–water partition coefficient (Wildman–Crippen LogP) is 0.849. The van der Waals surface area contributed by atoms with Crippen LogP contribution in [0.2, 0.25) is 0 Å². The first-order valence-corrected chi connectivity index (χ1v) is 7.98. The van der Waals surface area contributed by atoms with Crippen LogP contribution in [-0.4, -0.2) is 58.1 Å². The lowest BCUT2D eigenvalue weighted by atomic mass is 10.2. The van der Waals surface area contributed by atoms with Crippen LogP contribution in [-0.2, 0) is 11.8 Å². The van der Waals surface area contributed by atoms with Crippen molar-refractivity contribution in [1.82, 2.24) is 19.2 Å². The smallest absolute Gasteiger partial charge is 0.409 e. The lowest BCUT2D eigenvalue weighted by Crippen LogP contribution is -2.49. The van der Waals surface area contributed by atoms with E-state index >= 15 is 0 Å². The number of rotatable bonds is 3. The minimum atomic E-state index is -0.247. The van der Waals surface area contributed by atoms with Crippen LogP contribution in [0.4, 0.5) is 10.5 Å². The van der Waals surface area contributed by atoms with Crippen molar-refractivity contribution < 1.29 is 9.53 Å². The second-order valence-electron chi connectivity index (χ2n) is 5.60. The van der Waals surface area contributed by atoms with Crippen LogP contribution in [0.25, 0.3) is 5.69 Å². The first-order chi connectivity index (χ1) is 11.6. The molecule has 1 amide bonds. The Morgan fingerprint density at radius 3 is 2.29 bits per heavy atom. The van der Waals surface area contributed by atoms with E-state index in [1.54, 1.807) is 11.9 Å². The third-order valence-corrected chi connectivity index (χ3v) is 4.12. The van der Waals surface area contributed by atoms with Crippen molar-refractivity contribution in [3.63, 3.8) is 0 Å². The zero-order valence-electron chi connectivity index (χ0n) is 13.9. The van der Waals surface area contributed by atoms with Crippen molar-refractivity contribution in [1.29, 1.82) is 0 Å². The summed E-state index contributed by atoms with van der Waals surface area (Å²) < 4.78 is 7.83. The van der Waals surface area contributed by atoms with Gasteiger partial charge < -0.3 is 14.5 Å². The maximum atomic E-state index is 11.9. The van der Waals surface area contributed by atoms with Gasteiger partial charge in [0, 0.05) is 38.9 Å². The normalized spacial score (nSPS) is 14.8. The minimum absolute atomic E-state index is 0.175. The van der Waals surface area contributed by atoms with Crippen molar-refractivity contribution in [2.24, 2.45) is 7.05 Å². The van der Waals surface area contributed by atoms with Gasteiger partial charge in [0.25, 0.3) is 0 Å². The Kier molecular flexibility index (Phi) is 4.54. The minimum Gasteiger partial charge on any atom is -0.450 e. The highest BCUT2D eigenvalue weighted by molar-refractivity contribution is 5.68. The Morgan fingerprint density at radius 2 is 1.75 bits per heavy atom. The Morgan fingerprint density at radius 1 is 1.12 bits per heavy atom. The molecule has 1 saturated heterocycles. The van der Waals surface area contributed by atoms with Gasteiger partial charge in [-0.1, -0.05) is 0 Å². The monoisotopic (exact) mass is 331 g/mol. The number of carbonyl (C=O) groups is 1. The summed E-state index contributed by atoms with van der Waals surface area (Å²) in [5.74, 6) is 0. The second-order valence-corrected chi connectivity index (χ2v) is 5.60. The van der Waals surface area contributed by atoms with E-state index in [1.165, 1.54) is 15.6 Å². The number of carbonyl (C=O) groups excluding carboxylic acids is 1. The van der Waals surface area contributed by atoms with Crippen LogP contribution >= 0.6 is 0 Å². The molecule has 3 rings (SSSR count). The average Bonchev–Trinajstić information content (AvgIpc) is 2.95. The summed E-state index contributed by atoms with van der Waals surface area (Å²) in [5, 5.41) is 3.95. The van der Waals surface area contributed by atoms with Crippen molar-refractivity contribution >= 4 is 11.8 Å². The Balaban J connectivity index is 1.66. The van der Waals surface area contributed by atoms with Gasteiger partial charge in [-0.3, -0.25) is 0 Å². The topological polar surface area (TPSA) is 72.6 Å². The van der Waals surface area contributed by atoms with Gasteiger partial charge in [0.05, 0.1) is 12.3 Å². The van der Waals surface area contributed by atoms with Crippen LogP contribution in [0.1, 0.15) is 6.92 Å². The first kappa shape index (κ1) is 16.1. The van der Waals surface area contributed by atoms with Crippen molar-refractivity contribution in [3.05, 3.63) is 41.1 Å². The molecule has 0 atom stereocenters. The highest BCUT2D eigenvalue weighted by Gasteiger charge is 2.22. The van der Waals surface area contributed by atoms with Gasteiger partial charge in [0.2, 0.25) is 0 Å². The van der Waals surface area contributed by atoms with Crippen molar-refractivity contribution in [2.45, 2.75) is 6.92 Å². The molecule has 1 aliphatic heterocycles. The number of aromatic nitrogens is 3. The maximum Gasteiger partial charge on any atom is 0.409 e. The fourth-order valence-electron chi connectivity index (χ4n) is 2.75. The molecule has 8 nitrogen and oxygen atoms in total. The summed E-state index contributed by atoms with van der Waals surface area (Å²) in [6, 6.07) is 7.76. The number of nitrogens with zero attached hydrogens (tertiary/aromatic N) is 5. The number of ether oxygens (including phenoxy) is 1. The SMILES string of the molecule is CCOC(=O)N1CCN(c2ccc(-n3cnn(C)c3=O)cc2)CC1. The third-order valence-electron chi connectivity index (χ3n) is 4.12. The molecule has 0 aliphatic carbocycles. The summed E-state index contributed by atoms with van der Waals surface area (Å²) in [6.45, 7) is 5.00. The van der Waals surface area contributed by atoms with E-state index in [0.717, 1.165) is 24.5 Å². The number of piperazine rings is 1. The number of hydrogen-bond donors (Lipinski definition) is 0. The molecular formula is C16H21N5O3. The zero-order valence-corrected chi connectivity index (χ0v) is 13.9. The van der Waals surface area contributed by atoms with E-state index in [9.17, 15) is 9.59 Å². The molecule has 1 aromatic heterocycles. The summed E-state index contributed by atoms with van der Waals surface area (Å²) in [6.07, 6.45) is 1.26. The molecule has 1 fully saturated rings. The van der Waals surface area contributed by atoms with Crippen LogP contribution < -0.4 is 10.6 Å². The average molecular weight is 331 g/mol. The van der Waals surface area contributed by atoms with Gasteiger partial charge >= 0.3 is 11.8 Å². The number of anilines is 1. The van der Waals surface area contributed by atoms with Crippen molar-refractivity contribution in [3.8, 4) is 5.69 Å². The van der Waals surface area contributed by atoms with Gasteiger partial charge in [-0.15, -0.1) is 0 Å². The van der Waals surface area contributed by atoms with Gasteiger partial charge in [0.1, 0.15) is 6.33 Å². The lowest BCUT2D eigenvalue weighted by Gasteiger charge is -2.35. The van der Waals surface area contributed by atoms with E-state index < -0.39 is 0 Å². The second kappa shape index (κ2) is 6.77. The van der Waals surface area contributed by atoms with Gasteiger partial charge in [-0.25, -0.2) is 18.8 Å². The maximum absolute atomic E-state index is 11.9. The van der Waals surface area contributed by atoms with Crippen LogP contribution in [0.5, 0.6) is 0 Å². The Hall–Kier alpha value is -2.77. The van der Waals surface area contributed by atoms with E-state index in [2.05, 4.69) is 10.00 Å². The number of amides is 1. The van der Waals surface area contributed by atoms with E-state index in [-0.39, 0.29) is 11.8 Å². The number of hydrogen-bond acceptors (Lipinski definition) is 5.